The second-order valence-electron chi connectivity index (χ2n) is 7.28. The van der Waals surface area contributed by atoms with Gasteiger partial charge >= 0.3 is 0 Å². The third kappa shape index (κ3) is 4.17. The van der Waals surface area contributed by atoms with Crippen LogP contribution in [0.2, 0.25) is 5.02 Å². The first-order chi connectivity index (χ1) is 15.0. The number of anilines is 1. The molecule has 9 nitrogen and oxygen atoms in total. The van der Waals surface area contributed by atoms with Crippen LogP contribution in [0.5, 0.6) is 0 Å². The highest BCUT2D eigenvalue weighted by molar-refractivity contribution is 6.35. The number of Topliss-reactive ketones (excluding diaryl/α,β-unsaturated/α-hetero) is 1. The molecule has 1 aliphatic carbocycles. The first kappa shape index (κ1) is 21.0. The van der Waals surface area contributed by atoms with E-state index in [-0.39, 0.29) is 16.6 Å². The fourth-order valence-corrected chi connectivity index (χ4v) is 3.82. The maximum Gasteiger partial charge on any atom is 0.260 e. The smallest absolute Gasteiger partial charge is 0.260 e. The lowest BCUT2D eigenvalue weighted by atomic mass is 9.94. The average Bonchev–Trinajstić information content (AvgIpc) is 2.80. The molecule has 2 atom stereocenters. The Labute approximate surface area is 184 Å². The Hall–Kier alpha value is -3.22. The summed E-state index contributed by atoms with van der Waals surface area (Å²) in [5, 5.41) is 9.73. The number of piperazine rings is 1. The molecule has 10 heteroatoms. The van der Waals surface area contributed by atoms with Crippen LogP contribution in [0.1, 0.15) is 17.4 Å². The van der Waals surface area contributed by atoms with Gasteiger partial charge in [0.15, 0.2) is 11.8 Å². The van der Waals surface area contributed by atoms with Crippen LogP contribution in [0.3, 0.4) is 0 Å². The van der Waals surface area contributed by atoms with Crippen molar-refractivity contribution in [2.45, 2.75) is 6.92 Å². The van der Waals surface area contributed by atoms with Gasteiger partial charge in [0.05, 0.1) is 23.0 Å². The van der Waals surface area contributed by atoms with Gasteiger partial charge in [-0.1, -0.05) is 36.8 Å². The summed E-state index contributed by atoms with van der Waals surface area (Å²) in [6.07, 6.45) is 8.18. The van der Waals surface area contributed by atoms with Gasteiger partial charge in [-0.2, -0.15) is 10.3 Å². The molecule has 158 valence electrons. The normalized spacial score (nSPS) is 21.8. The molecule has 4 rings (SSSR count). The van der Waals surface area contributed by atoms with Crippen molar-refractivity contribution in [1.29, 1.82) is 5.26 Å². The van der Waals surface area contributed by atoms with Crippen molar-refractivity contribution in [2.24, 2.45) is 21.8 Å². The molecule has 2 aliphatic heterocycles. The molecule has 0 bridgehead atoms. The zero-order chi connectivity index (χ0) is 22.0. The lowest BCUT2D eigenvalue weighted by molar-refractivity contribution is -0.118. The Balaban J connectivity index is 1.60. The molecular formula is C21H20ClN7O2. The number of nitriles is 1. The third-order valence-corrected chi connectivity index (χ3v) is 5.73. The van der Waals surface area contributed by atoms with Crippen LogP contribution in [-0.2, 0) is 4.79 Å². The summed E-state index contributed by atoms with van der Waals surface area (Å²) in [7, 11) is 0. The minimum Gasteiger partial charge on any atom is -0.338 e. The maximum atomic E-state index is 13.2. The number of halogens is 1. The van der Waals surface area contributed by atoms with Crippen molar-refractivity contribution in [3.05, 3.63) is 41.2 Å². The number of nitrogens with zero attached hydrogens (tertiary/aromatic N) is 7. The summed E-state index contributed by atoms with van der Waals surface area (Å²) in [6.45, 7) is 6.26. The summed E-state index contributed by atoms with van der Waals surface area (Å²) in [6, 6.07) is 1.90. The number of likely N-dealkylation sites (N-methyl/N-ethyl adjacent to an activating group) is 1. The van der Waals surface area contributed by atoms with Crippen molar-refractivity contribution in [1.82, 2.24) is 14.9 Å². The van der Waals surface area contributed by atoms with Gasteiger partial charge in [-0.05, 0) is 12.6 Å². The van der Waals surface area contributed by atoms with Crippen molar-refractivity contribution >= 4 is 40.8 Å². The van der Waals surface area contributed by atoms with Gasteiger partial charge in [-0.3, -0.25) is 9.59 Å². The van der Waals surface area contributed by atoms with E-state index < -0.39 is 23.5 Å². The summed E-state index contributed by atoms with van der Waals surface area (Å²) < 4.78 is 0. The van der Waals surface area contributed by atoms with Gasteiger partial charge in [0.1, 0.15) is 11.6 Å². The molecule has 1 amide bonds. The van der Waals surface area contributed by atoms with Gasteiger partial charge in [-0.25, -0.2) is 15.0 Å². The molecule has 3 heterocycles. The third-order valence-electron chi connectivity index (χ3n) is 5.45. The second kappa shape index (κ2) is 8.88. The van der Waals surface area contributed by atoms with Crippen LogP contribution in [0.15, 0.2) is 40.5 Å². The van der Waals surface area contributed by atoms with E-state index >= 15 is 0 Å². The van der Waals surface area contributed by atoms with E-state index in [0.29, 0.717) is 11.7 Å². The molecule has 0 saturated carbocycles. The number of carbonyl (C=O) groups excluding carboxylic acids is 2. The summed E-state index contributed by atoms with van der Waals surface area (Å²) >= 11 is 6.21. The molecule has 1 saturated heterocycles. The summed E-state index contributed by atoms with van der Waals surface area (Å²) in [5.41, 5.74) is 0.376. The second-order valence-corrected chi connectivity index (χ2v) is 7.69. The van der Waals surface area contributed by atoms with E-state index in [0.717, 1.165) is 32.7 Å². The van der Waals surface area contributed by atoms with E-state index in [1.165, 1.54) is 6.20 Å². The van der Waals surface area contributed by atoms with Crippen LogP contribution < -0.4 is 4.90 Å². The number of aliphatic imine (C=N–C) groups is 2. The predicted molar refractivity (Wildman–Crippen MR) is 116 cm³/mol. The van der Waals surface area contributed by atoms with Crippen LogP contribution in [0.25, 0.3) is 0 Å². The van der Waals surface area contributed by atoms with Crippen LogP contribution >= 0.6 is 11.6 Å². The van der Waals surface area contributed by atoms with Gasteiger partial charge in [0.25, 0.3) is 5.91 Å². The Morgan fingerprint density at radius 1 is 1.29 bits per heavy atom. The van der Waals surface area contributed by atoms with Crippen LogP contribution in [-0.4, -0.2) is 70.8 Å². The lowest BCUT2D eigenvalue weighted by Crippen LogP contribution is -2.46. The predicted octanol–water partition coefficient (Wildman–Crippen LogP) is 1.72. The molecule has 0 N–H and O–H groups in total. The minimum absolute atomic E-state index is 0.0370. The van der Waals surface area contributed by atoms with Crippen LogP contribution in [0.4, 0.5) is 5.95 Å². The van der Waals surface area contributed by atoms with Crippen LogP contribution in [0, 0.1) is 23.2 Å². The van der Waals surface area contributed by atoms with Crippen molar-refractivity contribution in [3.8, 4) is 6.07 Å². The topological polar surface area (TPSA) is 115 Å². The highest BCUT2D eigenvalue weighted by Crippen LogP contribution is 2.24. The molecule has 1 aromatic rings. The van der Waals surface area contributed by atoms with Gasteiger partial charge in [0.2, 0.25) is 11.7 Å². The van der Waals surface area contributed by atoms with Crippen molar-refractivity contribution < 1.29 is 9.59 Å². The number of fused-ring (bicyclic) bond motifs is 1. The summed E-state index contributed by atoms with van der Waals surface area (Å²) in [5.74, 6) is -2.86. The van der Waals surface area contributed by atoms with E-state index in [4.69, 9.17) is 11.6 Å². The molecule has 0 spiro atoms. The quantitative estimate of drug-likeness (QED) is 0.644. The van der Waals surface area contributed by atoms with E-state index in [2.05, 4.69) is 31.8 Å². The average molecular weight is 438 g/mol. The number of ketones is 1. The van der Waals surface area contributed by atoms with Crippen molar-refractivity contribution in [2.75, 3.05) is 37.6 Å². The zero-order valence-electron chi connectivity index (χ0n) is 16.9. The Bertz CT molecular complexity index is 1080. The molecule has 0 aromatic carbocycles. The number of hydrogen-bond acceptors (Lipinski definition) is 8. The zero-order valence-corrected chi connectivity index (χ0v) is 17.7. The largest absolute Gasteiger partial charge is 0.338 e. The molecule has 3 aliphatic rings. The molecule has 0 radical (unpaired) electrons. The van der Waals surface area contributed by atoms with Gasteiger partial charge < -0.3 is 9.80 Å². The van der Waals surface area contributed by atoms with E-state index in [1.807, 2.05) is 11.0 Å². The fraction of sp³-hybridized carbons (Fsp3) is 0.381. The number of carbonyl (C=O) groups is 2. The van der Waals surface area contributed by atoms with E-state index in [9.17, 15) is 14.9 Å². The molecule has 1 aromatic heterocycles. The monoisotopic (exact) mass is 437 g/mol. The van der Waals surface area contributed by atoms with E-state index in [1.54, 1.807) is 24.3 Å². The number of rotatable bonds is 5. The SMILES string of the molecule is CCN1CCN(c2ncc(Cl)c(C(=O)C(C#N)C3=NC(=O)C4C=CC=CC4=N3)n2)CC1. The van der Waals surface area contributed by atoms with Gasteiger partial charge in [-0.15, -0.1) is 0 Å². The number of amidine groups is 1. The van der Waals surface area contributed by atoms with Crippen molar-refractivity contribution in [3.63, 3.8) is 0 Å². The summed E-state index contributed by atoms with van der Waals surface area (Å²) in [4.78, 5) is 46.6. The standard InChI is InChI=1S/C21H20ClN7O2/c1-2-28-7-9-29(10-8-28)21-24-12-15(22)17(26-21)18(30)14(11-23)19-25-16-6-4-3-5-13(16)20(31)27-19/h3-6,12-14H,2,7-10H2,1H3. The Morgan fingerprint density at radius 2 is 2.06 bits per heavy atom. The highest BCUT2D eigenvalue weighted by Gasteiger charge is 2.35. The minimum atomic E-state index is -1.39. The number of aromatic nitrogens is 2. The maximum absolute atomic E-state index is 13.2. The number of amides is 1. The Morgan fingerprint density at radius 3 is 2.77 bits per heavy atom. The molecule has 31 heavy (non-hydrogen) atoms. The van der Waals surface area contributed by atoms with Gasteiger partial charge in [0, 0.05) is 26.2 Å². The highest BCUT2D eigenvalue weighted by atomic mass is 35.5. The lowest BCUT2D eigenvalue weighted by Gasteiger charge is -2.34. The number of allylic oxidation sites excluding steroid dienone is 3. The molecule has 2 unspecified atom stereocenters. The first-order valence-corrected chi connectivity index (χ1v) is 10.4. The Kier molecular flexibility index (Phi) is 6.02. The fourth-order valence-electron chi connectivity index (χ4n) is 3.63. The molecule has 1 fully saturated rings. The first-order valence-electron chi connectivity index (χ1n) is 10.0. The molecular weight excluding hydrogens is 418 g/mol. The number of hydrogen-bond donors (Lipinski definition) is 0.